The molecule has 0 spiro atoms. The molecule has 3 rings (SSSR count). The van der Waals surface area contributed by atoms with Crippen molar-refractivity contribution >= 4 is 5.97 Å². The minimum Gasteiger partial charge on any atom is -0.476 e. The number of aromatic carboxylic acids is 1. The number of nitrogens with zero attached hydrogens (tertiary/aromatic N) is 1. The standard InChI is InChI=1S/C17H10F3NO4/c18-17(19,20)25-12-8-6-11(7-9-12)15-21-13(16(22)23)14(24-15)10-4-2-1-3-5-10/h1-9H,(H,22,23). The smallest absolute Gasteiger partial charge is 0.476 e. The van der Waals surface area contributed by atoms with Gasteiger partial charge in [-0.1, -0.05) is 30.3 Å². The van der Waals surface area contributed by atoms with Gasteiger partial charge in [0.25, 0.3) is 0 Å². The van der Waals surface area contributed by atoms with Crippen LogP contribution in [0.3, 0.4) is 0 Å². The van der Waals surface area contributed by atoms with Crippen LogP contribution < -0.4 is 4.74 Å². The molecule has 0 radical (unpaired) electrons. The first kappa shape index (κ1) is 16.6. The normalized spacial score (nSPS) is 11.3. The van der Waals surface area contributed by atoms with E-state index in [1.807, 2.05) is 0 Å². The van der Waals surface area contributed by atoms with Crippen LogP contribution in [0.5, 0.6) is 5.75 Å². The van der Waals surface area contributed by atoms with Crippen molar-refractivity contribution in [1.29, 1.82) is 0 Å². The van der Waals surface area contributed by atoms with Crippen molar-refractivity contribution < 1.29 is 32.2 Å². The molecular formula is C17H10F3NO4. The van der Waals surface area contributed by atoms with Crippen LogP contribution in [-0.4, -0.2) is 22.4 Å². The van der Waals surface area contributed by atoms with Crippen LogP contribution in [0.4, 0.5) is 13.2 Å². The van der Waals surface area contributed by atoms with Crippen molar-refractivity contribution in [2.24, 2.45) is 0 Å². The molecule has 3 aromatic rings. The summed E-state index contributed by atoms with van der Waals surface area (Å²) in [6.07, 6.45) is -4.79. The minimum atomic E-state index is -4.79. The summed E-state index contributed by atoms with van der Waals surface area (Å²) in [6, 6.07) is 13.3. The van der Waals surface area contributed by atoms with E-state index in [-0.39, 0.29) is 17.3 Å². The molecule has 128 valence electrons. The van der Waals surface area contributed by atoms with Crippen molar-refractivity contribution in [3.8, 4) is 28.5 Å². The maximum atomic E-state index is 12.2. The van der Waals surface area contributed by atoms with E-state index in [1.165, 1.54) is 12.1 Å². The summed E-state index contributed by atoms with van der Waals surface area (Å²) in [5, 5.41) is 9.29. The predicted molar refractivity (Wildman–Crippen MR) is 81.0 cm³/mol. The number of carboxylic acids is 1. The largest absolute Gasteiger partial charge is 0.573 e. The Morgan fingerprint density at radius 3 is 2.20 bits per heavy atom. The Hall–Kier alpha value is -3.29. The first-order valence-corrected chi connectivity index (χ1v) is 6.99. The molecule has 2 aromatic carbocycles. The highest BCUT2D eigenvalue weighted by Gasteiger charge is 2.31. The monoisotopic (exact) mass is 349 g/mol. The quantitative estimate of drug-likeness (QED) is 0.745. The van der Waals surface area contributed by atoms with Gasteiger partial charge in [-0.2, -0.15) is 0 Å². The molecule has 0 atom stereocenters. The lowest BCUT2D eigenvalue weighted by molar-refractivity contribution is -0.274. The summed E-state index contributed by atoms with van der Waals surface area (Å²) < 4.78 is 45.9. The number of rotatable bonds is 4. The summed E-state index contributed by atoms with van der Waals surface area (Å²) in [5.41, 5.74) is 0.562. The fourth-order valence-electron chi connectivity index (χ4n) is 2.17. The zero-order valence-electron chi connectivity index (χ0n) is 12.4. The van der Waals surface area contributed by atoms with Crippen LogP contribution in [0.15, 0.2) is 59.0 Å². The Morgan fingerprint density at radius 1 is 1.00 bits per heavy atom. The van der Waals surface area contributed by atoms with Gasteiger partial charge in [0.1, 0.15) is 5.75 Å². The lowest BCUT2D eigenvalue weighted by atomic mass is 10.1. The molecule has 0 saturated carbocycles. The summed E-state index contributed by atoms with van der Waals surface area (Å²) in [6.45, 7) is 0. The van der Waals surface area contributed by atoms with Crippen LogP contribution in [0.2, 0.25) is 0 Å². The van der Waals surface area contributed by atoms with Crippen LogP contribution in [-0.2, 0) is 0 Å². The molecule has 0 bridgehead atoms. The number of alkyl halides is 3. The second-order valence-electron chi connectivity index (χ2n) is 4.94. The van der Waals surface area contributed by atoms with E-state index in [0.717, 1.165) is 12.1 Å². The second kappa shape index (κ2) is 6.31. The SMILES string of the molecule is O=C(O)c1nc(-c2ccc(OC(F)(F)F)cc2)oc1-c1ccccc1. The molecule has 0 saturated heterocycles. The van der Waals surface area contributed by atoms with E-state index < -0.39 is 18.1 Å². The predicted octanol–water partition coefficient (Wildman–Crippen LogP) is 4.61. The number of carbonyl (C=O) groups is 1. The van der Waals surface area contributed by atoms with E-state index in [1.54, 1.807) is 30.3 Å². The number of oxazole rings is 1. The van der Waals surface area contributed by atoms with Gasteiger partial charge < -0.3 is 14.3 Å². The highest BCUT2D eigenvalue weighted by atomic mass is 19.4. The Morgan fingerprint density at radius 2 is 1.64 bits per heavy atom. The fraction of sp³-hybridized carbons (Fsp3) is 0.0588. The van der Waals surface area contributed by atoms with E-state index in [9.17, 15) is 23.1 Å². The molecule has 1 heterocycles. The molecule has 0 aliphatic carbocycles. The van der Waals surface area contributed by atoms with Crippen LogP contribution in [0.25, 0.3) is 22.8 Å². The number of benzene rings is 2. The summed E-state index contributed by atoms with van der Waals surface area (Å²) >= 11 is 0. The molecule has 0 amide bonds. The molecule has 0 aliphatic rings. The van der Waals surface area contributed by atoms with E-state index in [2.05, 4.69) is 9.72 Å². The molecule has 0 aliphatic heterocycles. The Labute approximate surface area is 139 Å². The van der Waals surface area contributed by atoms with Gasteiger partial charge in [-0.25, -0.2) is 9.78 Å². The Balaban J connectivity index is 1.97. The van der Waals surface area contributed by atoms with Crippen LogP contribution in [0.1, 0.15) is 10.5 Å². The molecule has 0 fully saturated rings. The van der Waals surface area contributed by atoms with Gasteiger partial charge in [0.2, 0.25) is 5.89 Å². The highest BCUT2D eigenvalue weighted by molar-refractivity contribution is 5.93. The topological polar surface area (TPSA) is 72.6 Å². The zero-order valence-corrected chi connectivity index (χ0v) is 12.4. The minimum absolute atomic E-state index is 0.0187. The summed E-state index contributed by atoms with van der Waals surface area (Å²) in [4.78, 5) is 15.3. The van der Waals surface area contributed by atoms with E-state index >= 15 is 0 Å². The average molecular weight is 349 g/mol. The molecule has 1 N–H and O–H groups in total. The van der Waals surface area contributed by atoms with Gasteiger partial charge in [0.05, 0.1) is 0 Å². The van der Waals surface area contributed by atoms with Crippen molar-refractivity contribution in [3.05, 3.63) is 60.3 Å². The van der Waals surface area contributed by atoms with Gasteiger partial charge in [-0.05, 0) is 24.3 Å². The number of ether oxygens (including phenoxy) is 1. The molecule has 25 heavy (non-hydrogen) atoms. The maximum Gasteiger partial charge on any atom is 0.573 e. The molecule has 1 aromatic heterocycles. The fourth-order valence-corrected chi connectivity index (χ4v) is 2.17. The molecule has 0 unspecified atom stereocenters. The van der Waals surface area contributed by atoms with Gasteiger partial charge in [-0.3, -0.25) is 0 Å². The van der Waals surface area contributed by atoms with Crippen molar-refractivity contribution in [1.82, 2.24) is 4.98 Å². The average Bonchev–Trinajstić information content (AvgIpc) is 3.00. The summed E-state index contributed by atoms with van der Waals surface area (Å²) in [7, 11) is 0. The number of carboxylic acid groups (broad SMARTS) is 1. The maximum absolute atomic E-state index is 12.2. The summed E-state index contributed by atoms with van der Waals surface area (Å²) in [5.74, 6) is -1.62. The van der Waals surface area contributed by atoms with Crippen LogP contribution >= 0.6 is 0 Å². The first-order valence-electron chi connectivity index (χ1n) is 6.99. The highest BCUT2D eigenvalue weighted by Crippen LogP contribution is 2.31. The Kier molecular flexibility index (Phi) is 4.18. The van der Waals surface area contributed by atoms with Crippen molar-refractivity contribution in [2.45, 2.75) is 6.36 Å². The van der Waals surface area contributed by atoms with E-state index in [0.29, 0.717) is 11.1 Å². The zero-order chi connectivity index (χ0) is 18.0. The first-order chi connectivity index (χ1) is 11.8. The van der Waals surface area contributed by atoms with Crippen molar-refractivity contribution in [3.63, 3.8) is 0 Å². The van der Waals surface area contributed by atoms with Gasteiger partial charge in [-0.15, -0.1) is 13.2 Å². The van der Waals surface area contributed by atoms with Crippen molar-refractivity contribution in [2.75, 3.05) is 0 Å². The third-order valence-corrected chi connectivity index (χ3v) is 3.20. The van der Waals surface area contributed by atoms with Gasteiger partial charge >= 0.3 is 12.3 Å². The Bertz CT molecular complexity index is 887. The number of aromatic nitrogens is 1. The number of hydrogen-bond donors (Lipinski definition) is 1. The molecular weight excluding hydrogens is 339 g/mol. The lowest BCUT2D eigenvalue weighted by Crippen LogP contribution is -2.16. The van der Waals surface area contributed by atoms with E-state index in [4.69, 9.17) is 4.42 Å². The lowest BCUT2D eigenvalue weighted by Gasteiger charge is -2.08. The molecule has 8 heteroatoms. The second-order valence-corrected chi connectivity index (χ2v) is 4.94. The number of hydrogen-bond acceptors (Lipinski definition) is 4. The van der Waals surface area contributed by atoms with Gasteiger partial charge in [0, 0.05) is 11.1 Å². The number of halogens is 3. The third-order valence-electron chi connectivity index (χ3n) is 3.20. The van der Waals surface area contributed by atoms with Gasteiger partial charge in [0.15, 0.2) is 11.5 Å². The van der Waals surface area contributed by atoms with Crippen LogP contribution in [0, 0.1) is 0 Å². The third kappa shape index (κ3) is 3.79. The molecule has 5 nitrogen and oxygen atoms in total.